The van der Waals surface area contributed by atoms with Crippen LogP contribution in [0.25, 0.3) is 0 Å². The summed E-state index contributed by atoms with van der Waals surface area (Å²) >= 11 is 0. The van der Waals surface area contributed by atoms with Crippen LogP contribution in [0.5, 0.6) is 0 Å². The Bertz CT molecular complexity index is 521. The third kappa shape index (κ3) is 3.17. The van der Waals surface area contributed by atoms with Crippen molar-refractivity contribution in [3.8, 4) is 0 Å². The molecule has 1 aliphatic rings. The second-order valence-electron chi connectivity index (χ2n) is 5.47. The minimum atomic E-state index is -0.764. The molecule has 0 unspecified atom stereocenters. The molecular formula is C16H22N2O3. The van der Waals surface area contributed by atoms with E-state index in [1.54, 1.807) is 29.2 Å². The van der Waals surface area contributed by atoms with Gasteiger partial charge in [-0.3, -0.25) is 4.79 Å². The van der Waals surface area contributed by atoms with Crippen molar-refractivity contribution in [1.82, 2.24) is 4.90 Å². The van der Waals surface area contributed by atoms with Crippen molar-refractivity contribution in [3.05, 3.63) is 29.8 Å². The number of carbonyl (C=O) groups excluding carboxylic acids is 1. The van der Waals surface area contributed by atoms with Crippen LogP contribution in [-0.2, 0) is 10.2 Å². The first-order valence-corrected chi connectivity index (χ1v) is 7.43. The molecule has 5 heteroatoms. The second-order valence-corrected chi connectivity index (χ2v) is 5.47. The van der Waals surface area contributed by atoms with Gasteiger partial charge in [-0.2, -0.15) is 0 Å². The van der Waals surface area contributed by atoms with Crippen LogP contribution in [0.15, 0.2) is 24.3 Å². The molecule has 0 atom stereocenters. The molecular weight excluding hydrogens is 268 g/mol. The number of hydrogen-bond donors (Lipinski definition) is 2. The van der Waals surface area contributed by atoms with Gasteiger partial charge in [0.2, 0.25) is 0 Å². The van der Waals surface area contributed by atoms with Crippen LogP contribution < -0.4 is 5.32 Å². The van der Waals surface area contributed by atoms with Crippen LogP contribution in [0.1, 0.15) is 38.7 Å². The van der Waals surface area contributed by atoms with E-state index >= 15 is 0 Å². The maximum Gasteiger partial charge on any atom is 0.321 e. The summed E-state index contributed by atoms with van der Waals surface area (Å²) in [4.78, 5) is 25.1. The lowest BCUT2D eigenvalue weighted by molar-refractivity contribution is -0.140. The fraction of sp³-hybridized carbons (Fsp3) is 0.500. The van der Waals surface area contributed by atoms with Gasteiger partial charge in [0.1, 0.15) is 0 Å². The lowest BCUT2D eigenvalue weighted by Gasteiger charge is -2.20. The second kappa shape index (κ2) is 6.16. The van der Waals surface area contributed by atoms with Gasteiger partial charge in [0.15, 0.2) is 0 Å². The van der Waals surface area contributed by atoms with E-state index in [9.17, 15) is 14.7 Å². The average molecular weight is 290 g/mol. The van der Waals surface area contributed by atoms with Crippen molar-refractivity contribution < 1.29 is 14.7 Å². The van der Waals surface area contributed by atoms with Gasteiger partial charge in [-0.25, -0.2) is 4.79 Å². The summed E-state index contributed by atoms with van der Waals surface area (Å²) in [7, 11) is 0. The number of benzene rings is 1. The molecule has 2 N–H and O–H groups in total. The number of hydrogen-bond acceptors (Lipinski definition) is 2. The normalized spacial score (nSPS) is 15.3. The van der Waals surface area contributed by atoms with Gasteiger partial charge in [0.25, 0.3) is 0 Å². The van der Waals surface area contributed by atoms with Gasteiger partial charge >= 0.3 is 12.0 Å². The molecule has 1 aromatic carbocycles. The van der Waals surface area contributed by atoms with Crippen molar-refractivity contribution in [2.24, 2.45) is 0 Å². The largest absolute Gasteiger partial charge is 0.481 e. The van der Waals surface area contributed by atoms with Crippen LogP contribution >= 0.6 is 0 Å². The first-order valence-electron chi connectivity index (χ1n) is 7.43. The van der Waals surface area contributed by atoms with E-state index in [0.29, 0.717) is 25.1 Å². The highest BCUT2D eigenvalue weighted by Gasteiger charge is 2.51. The Morgan fingerprint density at radius 1 is 1.24 bits per heavy atom. The molecule has 0 heterocycles. The van der Waals surface area contributed by atoms with Gasteiger partial charge < -0.3 is 15.3 Å². The highest BCUT2D eigenvalue weighted by atomic mass is 16.4. The third-order valence-corrected chi connectivity index (χ3v) is 4.01. The van der Waals surface area contributed by atoms with Crippen LogP contribution in [0.3, 0.4) is 0 Å². The van der Waals surface area contributed by atoms with Crippen LogP contribution in [0.4, 0.5) is 10.5 Å². The molecule has 0 saturated heterocycles. The number of carboxylic acids is 1. The summed E-state index contributed by atoms with van der Waals surface area (Å²) in [6.45, 7) is 5.37. The Morgan fingerprint density at radius 2 is 1.86 bits per heavy atom. The summed E-state index contributed by atoms with van der Waals surface area (Å²) in [5.41, 5.74) is 0.814. The van der Waals surface area contributed by atoms with E-state index in [4.69, 9.17) is 0 Å². The first kappa shape index (κ1) is 15.4. The summed E-state index contributed by atoms with van der Waals surface area (Å²) in [6.07, 6.45) is 2.30. The van der Waals surface area contributed by atoms with Crippen molar-refractivity contribution in [2.75, 3.05) is 18.4 Å². The van der Waals surface area contributed by atoms with E-state index in [-0.39, 0.29) is 6.03 Å². The lowest BCUT2D eigenvalue weighted by Crippen LogP contribution is -2.35. The van der Waals surface area contributed by atoms with Crippen molar-refractivity contribution >= 4 is 17.7 Å². The number of nitrogens with zero attached hydrogens (tertiary/aromatic N) is 1. The molecule has 0 aliphatic heterocycles. The number of nitrogens with one attached hydrogen (secondary N) is 1. The molecule has 0 aromatic heterocycles. The predicted octanol–water partition coefficient (Wildman–Crippen LogP) is 3.07. The molecule has 0 bridgehead atoms. The first-order chi connectivity index (χ1) is 10.0. The van der Waals surface area contributed by atoms with Crippen LogP contribution in [0, 0.1) is 0 Å². The lowest BCUT2D eigenvalue weighted by atomic mass is 9.96. The van der Waals surface area contributed by atoms with E-state index in [2.05, 4.69) is 5.32 Å². The standard InChI is InChI=1S/C16H22N2O3/c1-3-11-18(4-2)15(21)17-13-7-5-12(6-8-13)16(9-10-16)14(19)20/h5-8H,3-4,9-11H2,1-2H3,(H,17,21)(H,19,20). The molecule has 21 heavy (non-hydrogen) atoms. The van der Waals surface area contributed by atoms with Crippen molar-refractivity contribution in [2.45, 2.75) is 38.5 Å². The van der Waals surface area contributed by atoms with E-state index in [0.717, 1.165) is 18.5 Å². The third-order valence-electron chi connectivity index (χ3n) is 4.01. The molecule has 2 amide bonds. The fourth-order valence-electron chi connectivity index (χ4n) is 2.50. The number of anilines is 1. The fourth-order valence-corrected chi connectivity index (χ4v) is 2.50. The zero-order valence-electron chi connectivity index (χ0n) is 12.6. The van der Waals surface area contributed by atoms with E-state index in [1.165, 1.54) is 0 Å². The predicted molar refractivity (Wildman–Crippen MR) is 81.5 cm³/mol. The van der Waals surface area contributed by atoms with E-state index in [1.807, 2.05) is 13.8 Å². The quantitative estimate of drug-likeness (QED) is 0.846. The maximum absolute atomic E-state index is 12.1. The summed E-state index contributed by atoms with van der Waals surface area (Å²) in [6, 6.07) is 7.03. The molecule has 2 rings (SSSR count). The molecule has 1 aliphatic carbocycles. The van der Waals surface area contributed by atoms with Gasteiger partial charge in [-0.05, 0) is 43.9 Å². The number of amides is 2. The summed E-state index contributed by atoms with van der Waals surface area (Å²) < 4.78 is 0. The van der Waals surface area contributed by atoms with Gasteiger partial charge in [-0.1, -0.05) is 19.1 Å². The minimum absolute atomic E-state index is 0.119. The van der Waals surface area contributed by atoms with E-state index < -0.39 is 11.4 Å². The Hall–Kier alpha value is -2.04. The Morgan fingerprint density at radius 3 is 2.29 bits per heavy atom. The molecule has 0 radical (unpaired) electrons. The molecule has 1 aromatic rings. The smallest absolute Gasteiger partial charge is 0.321 e. The minimum Gasteiger partial charge on any atom is -0.481 e. The van der Waals surface area contributed by atoms with Crippen molar-refractivity contribution in [3.63, 3.8) is 0 Å². The Balaban J connectivity index is 2.03. The van der Waals surface area contributed by atoms with Gasteiger partial charge in [0.05, 0.1) is 5.41 Å². The van der Waals surface area contributed by atoms with Gasteiger partial charge in [0, 0.05) is 18.8 Å². The molecule has 114 valence electrons. The zero-order valence-corrected chi connectivity index (χ0v) is 12.6. The summed E-state index contributed by atoms with van der Waals surface area (Å²) in [5, 5.41) is 12.1. The average Bonchev–Trinajstić information content (AvgIpc) is 3.27. The van der Waals surface area contributed by atoms with Crippen molar-refractivity contribution in [1.29, 1.82) is 0 Å². The number of rotatable bonds is 6. The van der Waals surface area contributed by atoms with Crippen LogP contribution in [0.2, 0.25) is 0 Å². The maximum atomic E-state index is 12.1. The topological polar surface area (TPSA) is 69.6 Å². The number of urea groups is 1. The molecule has 1 saturated carbocycles. The Labute approximate surface area is 125 Å². The number of carboxylic acid groups (broad SMARTS) is 1. The SMILES string of the molecule is CCCN(CC)C(=O)Nc1ccc(C2(C(=O)O)CC2)cc1. The molecule has 5 nitrogen and oxygen atoms in total. The molecule has 1 fully saturated rings. The van der Waals surface area contributed by atoms with Crippen LogP contribution in [-0.4, -0.2) is 35.1 Å². The number of aliphatic carboxylic acids is 1. The Kier molecular flexibility index (Phi) is 4.50. The highest BCUT2D eigenvalue weighted by molar-refractivity contribution is 5.90. The monoisotopic (exact) mass is 290 g/mol. The number of carbonyl (C=O) groups is 2. The van der Waals surface area contributed by atoms with Gasteiger partial charge in [-0.15, -0.1) is 0 Å². The molecule has 0 spiro atoms. The zero-order chi connectivity index (χ0) is 15.5. The summed E-state index contributed by atoms with van der Waals surface area (Å²) in [5.74, 6) is -0.764. The highest BCUT2D eigenvalue weighted by Crippen LogP contribution is 2.48.